The van der Waals surface area contributed by atoms with E-state index in [1.165, 1.54) is 12.8 Å². The fourth-order valence-electron chi connectivity index (χ4n) is 3.49. The van der Waals surface area contributed by atoms with E-state index in [4.69, 9.17) is 11.6 Å². The van der Waals surface area contributed by atoms with Gasteiger partial charge in [-0.1, -0.05) is 23.4 Å². The van der Waals surface area contributed by atoms with E-state index in [0.717, 1.165) is 16.2 Å². The van der Waals surface area contributed by atoms with Gasteiger partial charge in [0.25, 0.3) is 5.91 Å². The second-order valence-electron chi connectivity index (χ2n) is 6.33. The molecule has 0 spiro atoms. The lowest BCUT2D eigenvalue weighted by molar-refractivity contribution is 0.0931. The number of carbonyl (C=O) groups excluding carboxylic acids is 1. The van der Waals surface area contributed by atoms with E-state index in [2.05, 4.69) is 15.6 Å². The van der Waals surface area contributed by atoms with Crippen LogP contribution in [0.4, 0.5) is 0 Å². The fraction of sp³-hybridized carbons (Fsp3) is 0.333. The molecule has 1 aromatic heterocycles. The zero-order chi connectivity index (χ0) is 16.5. The fourth-order valence-corrected chi connectivity index (χ4v) is 4.58. The number of rotatable bonds is 4. The van der Waals surface area contributed by atoms with E-state index >= 15 is 0 Å². The predicted octanol–water partition coefficient (Wildman–Crippen LogP) is 3.51. The summed E-state index contributed by atoms with van der Waals surface area (Å²) in [7, 11) is 0. The Morgan fingerprint density at radius 3 is 2.71 bits per heavy atom. The van der Waals surface area contributed by atoms with E-state index in [9.17, 15) is 4.79 Å². The van der Waals surface area contributed by atoms with Gasteiger partial charge < -0.3 is 10.6 Å². The van der Waals surface area contributed by atoms with E-state index < -0.39 is 0 Å². The summed E-state index contributed by atoms with van der Waals surface area (Å²) in [6.45, 7) is 0. The SMILES string of the molecule is O=C(NC1CC2CCC1N2)c1ccc(Sc2cncc(Cl)c2)cc1. The Kier molecular flexibility index (Phi) is 4.48. The summed E-state index contributed by atoms with van der Waals surface area (Å²) >= 11 is 7.53. The zero-order valence-corrected chi connectivity index (χ0v) is 14.6. The molecular formula is C18H18ClN3OS. The minimum atomic E-state index is 0.00956. The van der Waals surface area contributed by atoms with Gasteiger partial charge in [-0.15, -0.1) is 0 Å². The standard InChI is InChI=1S/C18H18ClN3OS/c19-12-7-15(10-20-9-12)24-14-4-1-11(2-5-14)18(23)22-17-8-13-3-6-16(17)21-13/h1-2,4-5,7,9-10,13,16-17,21H,3,6,8H2,(H,22,23). The molecule has 0 aliphatic carbocycles. The van der Waals surface area contributed by atoms with Crippen LogP contribution in [0.5, 0.6) is 0 Å². The molecule has 3 atom stereocenters. The van der Waals surface area contributed by atoms with E-state index in [-0.39, 0.29) is 11.9 Å². The first-order valence-corrected chi connectivity index (χ1v) is 9.32. The van der Waals surface area contributed by atoms with Crippen LogP contribution in [-0.2, 0) is 0 Å². The molecule has 0 saturated carbocycles. The highest BCUT2D eigenvalue weighted by Gasteiger charge is 2.39. The predicted molar refractivity (Wildman–Crippen MR) is 95.6 cm³/mol. The van der Waals surface area contributed by atoms with Crippen LogP contribution in [0.25, 0.3) is 0 Å². The number of aromatic nitrogens is 1. The number of benzene rings is 1. The van der Waals surface area contributed by atoms with Crippen molar-refractivity contribution in [3.05, 3.63) is 53.3 Å². The first-order chi connectivity index (χ1) is 11.7. The minimum Gasteiger partial charge on any atom is -0.348 e. The molecule has 3 unspecified atom stereocenters. The van der Waals surface area contributed by atoms with Gasteiger partial charge in [0.15, 0.2) is 0 Å². The lowest BCUT2D eigenvalue weighted by Crippen LogP contribution is -2.42. The highest BCUT2D eigenvalue weighted by Crippen LogP contribution is 2.30. The van der Waals surface area contributed by atoms with Crippen LogP contribution in [0, 0.1) is 0 Å². The first kappa shape index (κ1) is 15.9. The Hall–Kier alpha value is -1.56. The maximum atomic E-state index is 12.4. The Labute approximate surface area is 150 Å². The largest absolute Gasteiger partial charge is 0.348 e. The maximum Gasteiger partial charge on any atom is 0.251 e. The van der Waals surface area contributed by atoms with Crippen molar-refractivity contribution in [3.63, 3.8) is 0 Å². The second-order valence-corrected chi connectivity index (χ2v) is 7.91. The van der Waals surface area contributed by atoms with Gasteiger partial charge in [-0.05, 0) is 49.6 Å². The summed E-state index contributed by atoms with van der Waals surface area (Å²) in [4.78, 5) is 18.5. The molecule has 2 aliphatic rings. The molecular weight excluding hydrogens is 342 g/mol. The van der Waals surface area contributed by atoms with Gasteiger partial charge in [-0.2, -0.15) is 0 Å². The third-order valence-electron chi connectivity index (χ3n) is 4.65. The van der Waals surface area contributed by atoms with Crippen LogP contribution in [-0.4, -0.2) is 29.0 Å². The number of carbonyl (C=O) groups is 1. The van der Waals surface area contributed by atoms with Crippen LogP contribution in [0.15, 0.2) is 52.5 Å². The molecule has 2 saturated heterocycles. The van der Waals surface area contributed by atoms with Crippen molar-refractivity contribution in [2.45, 2.75) is 47.2 Å². The third-order valence-corrected chi connectivity index (χ3v) is 5.82. The number of halogens is 1. The van der Waals surface area contributed by atoms with Gasteiger partial charge >= 0.3 is 0 Å². The van der Waals surface area contributed by atoms with E-state index in [0.29, 0.717) is 22.7 Å². The number of hydrogen-bond acceptors (Lipinski definition) is 4. The average molecular weight is 360 g/mol. The molecule has 2 bridgehead atoms. The molecule has 6 heteroatoms. The number of hydrogen-bond donors (Lipinski definition) is 2. The quantitative estimate of drug-likeness (QED) is 0.877. The van der Waals surface area contributed by atoms with E-state index in [1.807, 2.05) is 30.3 Å². The Morgan fingerprint density at radius 2 is 2.04 bits per heavy atom. The van der Waals surface area contributed by atoms with Gasteiger partial charge in [-0.25, -0.2) is 0 Å². The summed E-state index contributed by atoms with van der Waals surface area (Å²) in [5, 5.41) is 7.33. The highest BCUT2D eigenvalue weighted by molar-refractivity contribution is 7.99. The summed E-state index contributed by atoms with van der Waals surface area (Å²) < 4.78 is 0. The molecule has 3 heterocycles. The molecule has 1 amide bonds. The molecule has 4 rings (SSSR count). The minimum absolute atomic E-state index is 0.00956. The zero-order valence-electron chi connectivity index (χ0n) is 13.0. The lowest BCUT2D eigenvalue weighted by Gasteiger charge is -2.21. The number of nitrogens with one attached hydrogen (secondary N) is 2. The topological polar surface area (TPSA) is 54.0 Å². The number of pyridine rings is 1. The third kappa shape index (κ3) is 3.43. The van der Waals surface area contributed by atoms with Crippen LogP contribution in [0.3, 0.4) is 0 Å². The van der Waals surface area contributed by atoms with Crippen LogP contribution < -0.4 is 10.6 Å². The van der Waals surface area contributed by atoms with Gasteiger partial charge in [-0.3, -0.25) is 9.78 Å². The summed E-state index contributed by atoms with van der Waals surface area (Å²) in [5.74, 6) is 0.00956. The van der Waals surface area contributed by atoms with Gasteiger partial charge in [0, 0.05) is 45.9 Å². The maximum absolute atomic E-state index is 12.4. The van der Waals surface area contributed by atoms with Crippen molar-refractivity contribution in [2.75, 3.05) is 0 Å². The average Bonchev–Trinajstić information content (AvgIpc) is 3.18. The highest BCUT2D eigenvalue weighted by atomic mass is 35.5. The second kappa shape index (κ2) is 6.75. The molecule has 2 aromatic rings. The molecule has 2 fully saturated rings. The van der Waals surface area contributed by atoms with Crippen molar-refractivity contribution in [3.8, 4) is 0 Å². The van der Waals surface area contributed by atoms with Crippen LogP contribution in [0.1, 0.15) is 29.6 Å². The lowest BCUT2D eigenvalue weighted by atomic mass is 9.95. The Balaban J connectivity index is 1.39. The molecule has 24 heavy (non-hydrogen) atoms. The summed E-state index contributed by atoms with van der Waals surface area (Å²) in [6.07, 6.45) is 6.84. The Morgan fingerprint density at radius 1 is 1.21 bits per heavy atom. The van der Waals surface area contributed by atoms with E-state index in [1.54, 1.807) is 24.2 Å². The molecule has 124 valence electrons. The molecule has 4 nitrogen and oxygen atoms in total. The summed E-state index contributed by atoms with van der Waals surface area (Å²) in [5.41, 5.74) is 0.700. The first-order valence-electron chi connectivity index (χ1n) is 8.13. The normalized spacial score (nSPS) is 25.0. The van der Waals surface area contributed by atoms with Crippen molar-refractivity contribution >= 4 is 29.3 Å². The van der Waals surface area contributed by atoms with Gasteiger partial charge in [0.1, 0.15) is 0 Å². The molecule has 0 radical (unpaired) electrons. The smallest absolute Gasteiger partial charge is 0.251 e. The molecule has 2 aliphatic heterocycles. The number of amides is 1. The van der Waals surface area contributed by atoms with Crippen molar-refractivity contribution in [2.24, 2.45) is 0 Å². The summed E-state index contributed by atoms with van der Waals surface area (Å²) in [6, 6.07) is 10.8. The van der Waals surface area contributed by atoms with Crippen molar-refractivity contribution < 1.29 is 4.79 Å². The molecule has 2 N–H and O–H groups in total. The number of fused-ring (bicyclic) bond motifs is 2. The van der Waals surface area contributed by atoms with Crippen molar-refractivity contribution in [1.82, 2.24) is 15.6 Å². The van der Waals surface area contributed by atoms with Gasteiger partial charge in [0.2, 0.25) is 0 Å². The van der Waals surface area contributed by atoms with Crippen molar-refractivity contribution in [1.29, 1.82) is 0 Å². The van der Waals surface area contributed by atoms with Gasteiger partial charge in [0.05, 0.1) is 5.02 Å². The van der Waals surface area contributed by atoms with Crippen LogP contribution in [0.2, 0.25) is 5.02 Å². The molecule has 1 aromatic carbocycles. The monoisotopic (exact) mass is 359 g/mol. The van der Waals surface area contributed by atoms with Crippen LogP contribution >= 0.6 is 23.4 Å². The Bertz CT molecular complexity index is 752. The number of nitrogens with zero attached hydrogens (tertiary/aromatic N) is 1.